The number of nitrogens with zero attached hydrogens (tertiary/aromatic N) is 2. The minimum Gasteiger partial charge on any atom is -0.497 e. The number of methoxy groups -OCH3 is 1. The van der Waals surface area contributed by atoms with E-state index in [-0.39, 0.29) is 5.56 Å². The average molecular weight is 344 g/mol. The van der Waals surface area contributed by atoms with Crippen LogP contribution in [0.3, 0.4) is 0 Å². The Labute approximate surface area is 137 Å². The zero-order valence-corrected chi connectivity index (χ0v) is 13.8. The largest absolute Gasteiger partial charge is 0.497 e. The fraction of sp³-hybridized carbons (Fsp3) is 0.500. The number of halogens is 3. The normalized spacial score (nSPS) is 21.7. The summed E-state index contributed by atoms with van der Waals surface area (Å²) in [6.07, 6.45) is -5.49. The van der Waals surface area contributed by atoms with Crippen molar-refractivity contribution in [2.75, 3.05) is 7.11 Å². The first kappa shape index (κ1) is 18.3. The van der Waals surface area contributed by atoms with E-state index in [9.17, 15) is 23.1 Å². The minimum absolute atomic E-state index is 0.102. The molecule has 0 bridgehead atoms. The molecule has 0 spiro atoms. The molecule has 8 heteroatoms. The van der Waals surface area contributed by atoms with E-state index in [1.54, 1.807) is 20.8 Å². The molecular weight excluding hydrogens is 325 g/mol. The van der Waals surface area contributed by atoms with E-state index < -0.39 is 35.4 Å². The highest BCUT2D eigenvalue weighted by molar-refractivity contribution is 5.99. The molecule has 0 radical (unpaired) electrons. The lowest BCUT2D eigenvalue weighted by atomic mass is 9.80. The predicted molar refractivity (Wildman–Crippen MR) is 81.7 cm³/mol. The van der Waals surface area contributed by atoms with Crippen LogP contribution in [0.1, 0.15) is 37.6 Å². The van der Waals surface area contributed by atoms with Crippen molar-refractivity contribution in [1.82, 2.24) is 5.01 Å². The third-order valence-corrected chi connectivity index (χ3v) is 4.04. The summed E-state index contributed by atoms with van der Waals surface area (Å²) in [6, 6.07) is 5.83. The van der Waals surface area contributed by atoms with Crippen molar-refractivity contribution in [2.24, 2.45) is 10.5 Å². The van der Waals surface area contributed by atoms with E-state index in [1.807, 2.05) is 0 Å². The zero-order chi connectivity index (χ0) is 18.3. The van der Waals surface area contributed by atoms with Gasteiger partial charge in [0.2, 0.25) is 0 Å². The summed E-state index contributed by atoms with van der Waals surface area (Å²) in [4.78, 5) is 12.6. The third-order valence-electron chi connectivity index (χ3n) is 4.04. The van der Waals surface area contributed by atoms with Crippen LogP contribution in [0.15, 0.2) is 29.4 Å². The molecule has 5 nitrogen and oxygen atoms in total. The van der Waals surface area contributed by atoms with Gasteiger partial charge >= 0.3 is 6.18 Å². The molecule has 0 aromatic heterocycles. The molecular formula is C16H19F3N2O3. The third kappa shape index (κ3) is 3.10. The lowest BCUT2D eigenvalue weighted by Gasteiger charge is -2.41. The van der Waals surface area contributed by atoms with Gasteiger partial charge in [-0.15, -0.1) is 0 Å². The smallest absolute Gasteiger partial charge is 0.431 e. The number of alkyl halides is 3. The topological polar surface area (TPSA) is 62.1 Å². The summed E-state index contributed by atoms with van der Waals surface area (Å²) < 4.78 is 44.1. The number of rotatable bonds is 2. The van der Waals surface area contributed by atoms with Gasteiger partial charge in [-0.25, -0.2) is 0 Å². The Balaban J connectivity index is 2.45. The second-order valence-corrected chi connectivity index (χ2v) is 6.63. The summed E-state index contributed by atoms with van der Waals surface area (Å²) in [6.45, 7) is 4.66. The first-order valence-corrected chi connectivity index (χ1v) is 7.26. The van der Waals surface area contributed by atoms with Crippen molar-refractivity contribution in [1.29, 1.82) is 0 Å². The lowest BCUT2D eigenvalue weighted by Crippen LogP contribution is -2.55. The fourth-order valence-corrected chi connectivity index (χ4v) is 2.36. The highest BCUT2D eigenvalue weighted by Gasteiger charge is 2.57. The zero-order valence-electron chi connectivity index (χ0n) is 13.8. The van der Waals surface area contributed by atoms with E-state index in [4.69, 9.17) is 4.74 Å². The summed E-state index contributed by atoms with van der Waals surface area (Å²) in [5.41, 5.74) is -4.19. The van der Waals surface area contributed by atoms with Crippen molar-refractivity contribution in [3.05, 3.63) is 29.8 Å². The summed E-state index contributed by atoms with van der Waals surface area (Å²) >= 11 is 0. The number of ether oxygens (including phenoxy) is 1. The Morgan fingerprint density at radius 3 is 2.21 bits per heavy atom. The van der Waals surface area contributed by atoms with Crippen LogP contribution in [0.5, 0.6) is 5.75 Å². The van der Waals surface area contributed by atoms with Crippen LogP contribution in [0, 0.1) is 5.41 Å². The van der Waals surface area contributed by atoms with E-state index in [2.05, 4.69) is 5.10 Å². The van der Waals surface area contributed by atoms with Crippen LogP contribution in [0.2, 0.25) is 0 Å². The molecule has 24 heavy (non-hydrogen) atoms. The SMILES string of the molecule is COc1ccc(C(=O)N2N=C(C(F)(F)F)C[C@]2(O)C(C)(C)C)cc1. The number of carbonyl (C=O) groups is 1. The van der Waals surface area contributed by atoms with Crippen molar-refractivity contribution in [3.63, 3.8) is 0 Å². The maximum atomic E-state index is 13.0. The number of aliphatic hydroxyl groups is 1. The van der Waals surface area contributed by atoms with Gasteiger partial charge in [-0.2, -0.15) is 23.3 Å². The molecule has 0 saturated heterocycles. The molecule has 0 fully saturated rings. The molecule has 1 heterocycles. The number of hydrogen-bond donors (Lipinski definition) is 1. The average Bonchev–Trinajstić information content (AvgIpc) is 2.86. The van der Waals surface area contributed by atoms with Gasteiger partial charge in [0.25, 0.3) is 5.91 Å². The van der Waals surface area contributed by atoms with Gasteiger partial charge in [-0.1, -0.05) is 20.8 Å². The quantitative estimate of drug-likeness (QED) is 0.896. The maximum Gasteiger partial charge on any atom is 0.431 e. The van der Waals surface area contributed by atoms with E-state index in [0.717, 1.165) is 0 Å². The Hall–Kier alpha value is -2.09. The Bertz CT molecular complexity index is 663. The van der Waals surface area contributed by atoms with Crippen molar-refractivity contribution < 1.29 is 27.8 Å². The Morgan fingerprint density at radius 2 is 1.79 bits per heavy atom. The van der Waals surface area contributed by atoms with Crippen LogP contribution >= 0.6 is 0 Å². The van der Waals surface area contributed by atoms with Gasteiger partial charge in [0.05, 0.1) is 7.11 Å². The van der Waals surface area contributed by atoms with E-state index in [0.29, 0.717) is 10.8 Å². The minimum atomic E-state index is -4.71. The van der Waals surface area contributed by atoms with Crippen LogP contribution in [-0.4, -0.2) is 40.7 Å². The van der Waals surface area contributed by atoms with Gasteiger partial charge < -0.3 is 9.84 Å². The number of carbonyl (C=O) groups excluding carboxylic acids is 1. The summed E-state index contributed by atoms with van der Waals surface area (Å²) in [5.74, 6) is -0.312. The van der Waals surface area contributed by atoms with Crippen molar-refractivity contribution >= 4 is 11.6 Å². The molecule has 132 valence electrons. The molecule has 1 amide bonds. The summed E-state index contributed by atoms with van der Waals surface area (Å²) in [5, 5.41) is 14.8. The molecule has 1 aromatic carbocycles. The van der Waals surface area contributed by atoms with Gasteiger partial charge in [-0.3, -0.25) is 4.79 Å². The standard InChI is InChI=1S/C16H19F3N2O3/c1-14(2,3)15(23)9-12(16(17,18)19)20-21(15)13(22)10-5-7-11(24-4)8-6-10/h5-8,23H,9H2,1-4H3/t15-/m0/s1. The number of amides is 1. The van der Waals surface area contributed by atoms with Gasteiger partial charge in [0.1, 0.15) is 11.5 Å². The first-order valence-electron chi connectivity index (χ1n) is 7.26. The van der Waals surface area contributed by atoms with Gasteiger partial charge in [0.15, 0.2) is 5.72 Å². The van der Waals surface area contributed by atoms with Crippen LogP contribution in [0.4, 0.5) is 13.2 Å². The van der Waals surface area contributed by atoms with Crippen LogP contribution in [0.25, 0.3) is 0 Å². The van der Waals surface area contributed by atoms with Crippen molar-refractivity contribution in [3.8, 4) is 5.75 Å². The van der Waals surface area contributed by atoms with Crippen molar-refractivity contribution in [2.45, 2.75) is 39.1 Å². The second kappa shape index (κ2) is 5.77. The van der Waals surface area contributed by atoms with E-state index in [1.165, 1.54) is 31.4 Å². The Kier molecular flexibility index (Phi) is 4.39. The molecule has 0 aliphatic carbocycles. The Morgan fingerprint density at radius 1 is 1.25 bits per heavy atom. The van der Waals surface area contributed by atoms with Gasteiger partial charge in [0, 0.05) is 17.4 Å². The molecule has 1 aliphatic heterocycles. The highest BCUT2D eigenvalue weighted by Crippen LogP contribution is 2.44. The van der Waals surface area contributed by atoms with Crippen LogP contribution < -0.4 is 4.74 Å². The lowest BCUT2D eigenvalue weighted by molar-refractivity contribution is -0.144. The first-order chi connectivity index (χ1) is 10.9. The molecule has 1 N–H and O–H groups in total. The highest BCUT2D eigenvalue weighted by atomic mass is 19.4. The molecule has 2 rings (SSSR count). The molecule has 1 aromatic rings. The monoisotopic (exact) mass is 344 g/mol. The van der Waals surface area contributed by atoms with Gasteiger partial charge in [-0.05, 0) is 24.3 Å². The molecule has 1 atom stereocenters. The molecule has 1 aliphatic rings. The fourth-order valence-electron chi connectivity index (χ4n) is 2.36. The number of benzene rings is 1. The molecule has 0 saturated carbocycles. The number of hydrazone groups is 1. The van der Waals surface area contributed by atoms with Crippen LogP contribution in [-0.2, 0) is 0 Å². The summed E-state index contributed by atoms with van der Waals surface area (Å²) in [7, 11) is 1.45. The second-order valence-electron chi connectivity index (χ2n) is 6.63. The van der Waals surface area contributed by atoms with E-state index >= 15 is 0 Å². The number of hydrogen-bond acceptors (Lipinski definition) is 4. The maximum absolute atomic E-state index is 13.0. The molecule has 0 unspecified atom stereocenters. The predicted octanol–water partition coefficient (Wildman–Crippen LogP) is 3.19.